The summed E-state index contributed by atoms with van der Waals surface area (Å²) in [6.45, 7) is 0.411. The molecule has 5 heteroatoms. The number of hydrogen-bond acceptors (Lipinski definition) is 2. The van der Waals surface area contributed by atoms with Gasteiger partial charge in [0, 0.05) is 6.92 Å². The van der Waals surface area contributed by atoms with Crippen LogP contribution in [0.25, 0.3) is 0 Å². The Hall–Kier alpha value is -1.65. The van der Waals surface area contributed by atoms with Crippen LogP contribution in [-0.4, -0.2) is 12.5 Å². The van der Waals surface area contributed by atoms with E-state index in [0.29, 0.717) is 0 Å². The number of benzene rings is 1. The van der Waals surface area contributed by atoms with E-state index in [1.807, 2.05) is 6.92 Å². The zero-order valence-corrected chi connectivity index (χ0v) is 9.04. The molecule has 0 saturated carbocycles. The lowest BCUT2D eigenvalue weighted by molar-refractivity contribution is -0.119. The van der Waals surface area contributed by atoms with Gasteiger partial charge in [-0.15, -0.1) is 0 Å². The first-order valence-corrected chi connectivity index (χ1v) is 4.81. The smallest absolute Gasteiger partial charge is 0.387 e. The number of halogens is 2. The van der Waals surface area contributed by atoms with Crippen molar-refractivity contribution in [3.8, 4) is 5.75 Å². The lowest BCUT2D eigenvalue weighted by Crippen LogP contribution is -2.23. The van der Waals surface area contributed by atoms with Gasteiger partial charge in [0.25, 0.3) is 0 Å². The normalized spacial score (nSPS) is 12.3. The second-order valence-electron chi connectivity index (χ2n) is 3.37. The lowest BCUT2D eigenvalue weighted by atomic mass is 10.1. The van der Waals surface area contributed by atoms with Crippen LogP contribution >= 0.6 is 0 Å². The van der Waals surface area contributed by atoms with E-state index in [9.17, 15) is 13.6 Å². The maximum absolute atomic E-state index is 11.9. The molecule has 1 aromatic rings. The molecule has 1 atom stereocenters. The number of nitrogens with one attached hydrogen (secondary N) is 1. The van der Waals surface area contributed by atoms with E-state index in [0.717, 1.165) is 5.56 Å². The van der Waals surface area contributed by atoms with E-state index < -0.39 is 6.61 Å². The quantitative estimate of drug-likeness (QED) is 0.861. The summed E-state index contributed by atoms with van der Waals surface area (Å²) in [7, 11) is 0. The van der Waals surface area contributed by atoms with Crippen LogP contribution in [0.5, 0.6) is 5.75 Å². The first kappa shape index (κ1) is 12.4. The number of hydrogen-bond donors (Lipinski definition) is 1. The van der Waals surface area contributed by atoms with Gasteiger partial charge in [-0.1, -0.05) is 12.1 Å². The van der Waals surface area contributed by atoms with Crippen molar-refractivity contribution in [3.63, 3.8) is 0 Å². The Morgan fingerprint density at radius 1 is 1.31 bits per heavy atom. The highest BCUT2D eigenvalue weighted by atomic mass is 19.3. The van der Waals surface area contributed by atoms with Gasteiger partial charge in [0.15, 0.2) is 0 Å². The number of ether oxygens (including phenoxy) is 1. The SMILES string of the molecule is CC(=O)NC(C)c1ccc(OC(F)F)cc1. The Labute approximate surface area is 92.4 Å². The number of amides is 1. The Kier molecular flexibility index (Phi) is 4.22. The van der Waals surface area contributed by atoms with E-state index in [4.69, 9.17) is 0 Å². The average Bonchev–Trinajstić information content (AvgIpc) is 2.16. The largest absolute Gasteiger partial charge is 0.435 e. The predicted molar refractivity (Wildman–Crippen MR) is 55.3 cm³/mol. The molecule has 0 heterocycles. The van der Waals surface area contributed by atoms with Gasteiger partial charge in [-0.25, -0.2) is 0 Å². The second-order valence-corrected chi connectivity index (χ2v) is 3.37. The van der Waals surface area contributed by atoms with Crippen LogP contribution in [0.15, 0.2) is 24.3 Å². The predicted octanol–water partition coefficient (Wildman–Crippen LogP) is 2.49. The third kappa shape index (κ3) is 3.84. The highest BCUT2D eigenvalue weighted by molar-refractivity contribution is 5.73. The second kappa shape index (κ2) is 5.44. The first-order valence-electron chi connectivity index (χ1n) is 4.81. The molecule has 16 heavy (non-hydrogen) atoms. The summed E-state index contributed by atoms with van der Waals surface area (Å²) < 4.78 is 28.0. The molecular weight excluding hydrogens is 216 g/mol. The third-order valence-electron chi connectivity index (χ3n) is 2.03. The van der Waals surface area contributed by atoms with Crippen LogP contribution in [0, 0.1) is 0 Å². The minimum absolute atomic E-state index is 0.105. The van der Waals surface area contributed by atoms with Crippen LogP contribution in [0.3, 0.4) is 0 Å². The third-order valence-corrected chi connectivity index (χ3v) is 2.03. The Bertz CT molecular complexity index is 352. The van der Waals surface area contributed by atoms with Crippen molar-refractivity contribution in [2.75, 3.05) is 0 Å². The molecule has 0 aromatic heterocycles. The fourth-order valence-corrected chi connectivity index (χ4v) is 1.33. The molecule has 0 radical (unpaired) electrons. The first-order chi connectivity index (χ1) is 7.49. The Morgan fingerprint density at radius 2 is 1.88 bits per heavy atom. The Balaban J connectivity index is 2.66. The molecule has 1 N–H and O–H groups in total. The van der Waals surface area contributed by atoms with Crippen molar-refractivity contribution < 1.29 is 18.3 Å². The molecule has 0 spiro atoms. The number of alkyl halides is 2. The van der Waals surface area contributed by atoms with E-state index >= 15 is 0 Å². The van der Waals surface area contributed by atoms with Crippen LogP contribution in [-0.2, 0) is 4.79 Å². The summed E-state index contributed by atoms with van der Waals surface area (Å²) in [6.07, 6.45) is 0. The van der Waals surface area contributed by atoms with E-state index in [1.54, 1.807) is 12.1 Å². The van der Waals surface area contributed by atoms with Crippen molar-refractivity contribution in [1.82, 2.24) is 5.32 Å². The molecule has 0 aliphatic rings. The topological polar surface area (TPSA) is 38.3 Å². The highest BCUT2D eigenvalue weighted by Gasteiger charge is 2.08. The molecule has 0 bridgehead atoms. The van der Waals surface area contributed by atoms with Crippen LogP contribution < -0.4 is 10.1 Å². The van der Waals surface area contributed by atoms with Gasteiger partial charge in [0.1, 0.15) is 5.75 Å². The fraction of sp³-hybridized carbons (Fsp3) is 0.364. The van der Waals surface area contributed by atoms with E-state index in [1.165, 1.54) is 19.1 Å². The lowest BCUT2D eigenvalue weighted by Gasteiger charge is -2.13. The molecule has 0 saturated heterocycles. The van der Waals surface area contributed by atoms with Crippen molar-refractivity contribution in [1.29, 1.82) is 0 Å². The average molecular weight is 229 g/mol. The van der Waals surface area contributed by atoms with Gasteiger partial charge in [0.05, 0.1) is 6.04 Å². The molecule has 1 unspecified atom stereocenters. The van der Waals surface area contributed by atoms with E-state index in [2.05, 4.69) is 10.1 Å². The van der Waals surface area contributed by atoms with Gasteiger partial charge in [-0.05, 0) is 24.6 Å². The maximum atomic E-state index is 11.9. The van der Waals surface area contributed by atoms with Crippen molar-refractivity contribution in [2.24, 2.45) is 0 Å². The molecule has 3 nitrogen and oxygen atoms in total. The molecule has 1 amide bonds. The van der Waals surface area contributed by atoms with Crippen molar-refractivity contribution in [3.05, 3.63) is 29.8 Å². The number of rotatable bonds is 4. The molecule has 1 rings (SSSR count). The molecular formula is C11H13F2NO2. The molecule has 1 aromatic carbocycles. The van der Waals surface area contributed by atoms with Crippen molar-refractivity contribution >= 4 is 5.91 Å². The summed E-state index contributed by atoms with van der Waals surface area (Å²) in [5, 5.41) is 2.69. The van der Waals surface area contributed by atoms with Gasteiger partial charge >= 0.3 is 6.61 Å². The van der Waals surface area contributed by atoms with Gasteiger partial charge < -0.3 is 10.1 Å². The zero-order valence-electron chi connectivity index (χ0n) is 9.04. The standard InChI is InChI=1S/C11H13F2NO2/c1-7(14-8(2)15)9-3-5-10(6-4-9)16-11(12)13/h3-7,11H,1-2H3,(H,14,15). The van der Waals surface area contributed by atoms with Gasteiger partial charge in [-0.3, -0.25) is 4.79 Å². The summed E-state index contributed by atoms with van der Waals surface area (Å²) in [4.78, 5) is 10.8. The van der Waals surface area contributed by atoms with Crippen molar-refractivity contribution in [2.45, 2.75) is 26.5 Å². The summed E-state index contributed by atoms with van der Waals surface area (Å²) in [6, 6.07) is 6.01. The minimum Gasteiger partial charge on any atom is -0.435 e. The van der Waals surface area contributed by atoms with Gasteiger partial charge in [-0.2, -0.15) is 8.78 Å². The zero-order chi connectivity index (χ0) is 12.1. The number of carbonyl (C=O) groups is 1. The van der Waals surface area contributed by atoms with Crippen LogP contribution in [0.4, 0.5) is 8.78 Å². The number of carbonyl (C=O) groups excluding carboxylic acids is 1. The summed E-state index contributed by atoms with van der Waals surface area (Å²) in [5.41, 5.74) is 0.830. The van der Waals surface area contributed by atoms with Crippen LogP contribution in [0.2, 0.25) is 0 Å². The van der Waals surface area contributed by atoms with E-state index in [-0.39, 0.29) is 17.7 Å². The monoisotopic (exact) mass is 229 g/mol. The molecule has 0 fully saturated rings. The molecule has 0 aliphatic carbocycles. The fourth-order valence-electron chi connectivity index (χ4n) is 1.33. The Morgan fingerprint density at radius 3 is 2.31 bits per heavy atom. The maximum Gasteiger partial charge on any atom is 0.387 e. The minimum atomic E-state index is -2.82. The highest BCUT2D eigenvalue weighted by Crippen LogP contribution is 2.18. The summed E-state index contributed by atoms with van der Waals surface area (Å²) in [5.74, 6) is -0.0332. The van der Waals surface area contributed by atoms with Crippen LogP contribution in [0.1, 0.15) is 25.5 Å². The molecule has 88 valence electrons. The molecule has 0 aliphatic heterocycles. The summed E-state index contributed by atoms with van der Waals surface area (Å²) >= 11 is 0. The van der Waals surface area contributed by atoms with Gasteiger partial charge in [0.2, 0.25) is 5.91 Å².